The van der Waals surface area contributed by atoms with Crippen LogP contribution in [0.4, 0.5) is 14.9 Å². The van der Waals surface area contributed by atoms with Crippen molar-refractivity contribution in [2.24, 2.45) is 5.92 Å². The quantitative estimate of drug-likeness (QED) is 0.779. The number of ether oxygens (including phenoxy) is 1. The first kappa shape index (κ1) is 15.7. The number of aliphatic hydroxyl groups is 1. The summed E-state index contributed by atoms with van der Waals surface area (Å²) in [4.78, 5) is 11.6. The molecule has 1 aliphatic rings. The fourth-order valence-corrected chi connectivity index (χ4v) is 2.38. The molecule has 1 aromatic carbocycles. The molecule has 1 heterocycles. The van der Waals surface area contributed by atoms with Crippen LogP contribution in [0, 0.1) is 11.7 Å². The molecule has 116 valence electrons. The summed E-state index contributed by atoms with van der Waals surface area (Å²) in [7, 11) is 0. The molecule has 1 fully saturated rings. The Balaban J connectivity index is 1.65. The Morgan fingerprint density at radius 1 is 1.33 bits per heavy atom. The molecular formula is C15H21FN2O3. The molecule has 6 heteroatoms. The molecule has 1 atom stereocenters. The minimum absolute atomic E-state index is 0.251. The van der Waals surface area contributed by atoms with Crippen LogP contribution < -0.4 is 10.6 Å². The zero-order valence-corrected chi connectivity index (χ0v) is 11.8. The van der Waals surface area contributed by atoms with Gasteiger partial charge in [0.25, 0.3) is 0 Å². The van der Waals surface area contributed by atoms with Gasteiger partial charge in [-0.25, -0.2) is 9.18 Å². The molecule has 1 aliphatic heterocycles. The summed E-state index contributed by atoms with van der Waals surface area (Å²) < 4.78 is 18.0. The molecule has 0 aliphatic carbocycles. The Morgan fingerprint density at radius 3 is 2.67 bits per heavy atom. The van der Waals surface area contributed by atoms with Gasteiger partial charge in [-0.3, -0.25) is 0 Å². The molecule has 1 aromatic rings. The first-order valence-corrected chi connectivity index (χ1v) is 7.21. The number of benzene rings is 1. The number of urea groups is 1. The summed E-state index contributed by atoms with van der Waals surface area (Å²) in [5.74, 6) is -0.0961. The Bertz CT molecular complexity index is 447. The van der Waals surface area contributed by atoms with E-state index in [-0.39, 0.29) is 17.8 Å². The predicted octanol–water partition coefficient (Wildman–Crippen LogP) is 2.12. The molecule has 0 radical (unpaired) electrons. The van der Waals surface area contributed by atoms with Gasteiger partial charge >= 0.3 is 6.03 Å². The van der Waals surface area contributed by atoms with E-state index in [1.165, 1.54) is 24.3 Å². The molecule has 0 aromatic heterocycles. The second-order valence-corrected chi connectivity index (χ2v) is 5.19. The van der Waals surface area contributed by atoms with E-state index in [9.17, 15) is 14.3 Å². The largest absolute Gasteiger partial charge is 0.393 e. The fraction of sp³-hybridized carbons (Fsp3) is 0.533. The van der Waals surface area contributed by atoms with Crippen molar-refractivity contribution in [2.45, 2.75) is 25.4 Å². The smallest absolute Gasteiger partial charge is 0.319 e. The summed E-state index contributed by atoms with van der Waals surface area (Å²) >= 11 is 0. The number of anilines is 1. The minimum atomic E-state index is -0.417. The van der Waals surface area contributed by atoms with E-state index in [4.69, 9.17) is 4.74 Å². The third-order valence-electron chi connectivity index (χ3n) is 3.64. The molecule has 2 amide bonds. The van der Waals surface area contributed by atoms with Crippen molar-refractivity contribution in [3.05, 3.63) is 30.1 Å². The van der Waals surface area contributed by atoms with Gasteiger partial charge in [0.1, 0.15) is 5.82 Å². The average Bonchev–Trinajstić information content (AvgIpc) is 2.50. The van der Waals surface area contributed by atoms with Gasteiger partial charge in [-0.05, 0) is 49.4 Å². The van der Waals surface area contributed by atoms with Crippen LogP contribution in [0.1, 0.15) is 19.3 Å². The van der Waals surface area contributed by atoms with E-state index in [1.807, 2.05) is 0 Å². The number of rotatable bonds is 5. The lowest BCUT2D eigenvalue weighted by Crippen LogP contribution is -2.34. The van der Waals surface area contributed by atoms with E-state index in [0.717, 1.165) is 12.8 Å². The lowest BCUT2D eigenvalue weighted by molar-refractivity contribution is 0.00549. The predicted molar refractivity (Wildman–Crippen MR) is 77.6 cm³/mol. The number of carbonyl (C=O) groups is 1. The van der Waals surface area contributed by atoms with Gasteiger partial charge in [-0.1, -0.05) is 0 Å². The first-order valence-electron chi connectivity index (χ1n) is 7.21. The maximum absolute atomic E-state index is 12.7. The number of hydrogen-bond acceptors (Lipinski definition) is 3. The van der Waals surface area contributed by atoms with E-state index in [0.29, 0.717) is 31.9 Å². The summed E-state index contributed by atoms with van der Waals surface area (Å²) in [5, 5.41) is 15.3. The maximum atomic E-state index is 12.7. The standard InChI is InChI=1S/C15H21FN2O3/c16-12-1-3-13(4-2-12)18-15(20)17-8-5-14(19)11-6-9-21-10-7-11/h1-4,11,14,19H,5-10H2,(H2,17,18,20)/t14-/m1/s1. The molecule has 5 nitrogen and oxygen atoms in total. The highest BCUT2D eigenvalue weighted by Crippen LogP contribution is 2.20. The van der Waals surface area contributed by atoms with Crippen molar-refractivity contribution in [1.82, 2.24) is 5.32 Å². The number of carbonyl (C=O) groups excluding carboxylic acids is 1. The van der Waals surface area contributed by atoms with Crippen LogP contribution in [0.25, 0.3) is 0 Å². The van der Waals surface area contributed by atoms with Crippen LogP contribution in [-0.4, -0.2) is 37.0 Å². The monoisotopic (exact) mass is 296 g/mol. The van der Waals surface area contributed by atoms with Crippen LogP contribution in [0.2, 0.25) is 0 Å². The van der Waals surface area contributed by atoms with Gasteiger partial charge in [-0.2, -0.15) is 0 Å². The molecule has 0 spiro atoms. The van der Waals surface area contributed by atoms with E-state index in [2.05, 4.69) is 10.6 Å². The Labute approximate surface area is 123 Å². The van der Waals surface area contributed by atoms with Crippen LogP contribution in [0.5, 0.6) is 0 Å². The van der Waals surface area contributed by atoms with Gasteiger partial charge in [0.2, 0.25) is 0 Å². The number of hydrogen-bond donors (Lipinski definition) is 3. The summed E-state index contributed by atoms with van der Waals surface area (Å²) in [6, 6.07) is 5.19. The van der Waals surface area contributed by atoms with Crippen LogP contribution in [-0.2, 0) is 4.74 Å². The van der Waals surface area contributed by atoms with Crippen LogP contribution >= 0.6 is 0 Å². The number of nitrogens with one attached hydrogen (secondary N) is 2. The maximum Gasteiger partial charge on any atom is 0.319 e. The number of aliphatic hydroxyl groups excluding tert-OH is 1. The molecule has 3 N–H and O–H groups in total. The normalized spacial score (nSPS) is 17.2. The number of halogens is 1. The number of amides is 2. The Hall–Kier alpha value is -1.66. The van der Waals surface area contributed by atoms with E-state index >= 15 is 0 Å². The molecule has 1 saturated heterocycles. The molecule has 2 rings (SSSR count). The van der Waals surface area contributed by atoms with Crippen LogP contribution in [0.15, 0.2) is 24.3 Å². The van der Waals surface area contributed by atoms with Gasteiger partial charge < -0.3 is 20.5 Å². The summed E-state index contributed by atoms with van der Waals surface area (Å²) in [6.45, 7) is 1.78. The van der Waals surface area contributed by atoms with Crippen molar-refractivity contribution in [3.63, 3.8) is 0 Å². The molecule has 21 heavy (non-hydrogen) atoms. The third-order valence-corrected chi connectivity index (χ3v) is 3.64. The zero-order valence-electron chi connectivity index (χ0n) is 11.8. The van der Waals surface area contributed by atoms with Gasteiger partial charge in [0.05, 0.1) is 6.10 Å². The van der Waals surface area contributed by atoms with E-state index in [1.54, 1.807) is 0 Å². The summed E-state index contributed by atoms with van der Waals surface area (Å²) in [6.07, 6.45) is 1.83. The van der Waals surface area contributed by atoms with Crippen molar-refractivity contribution < 1.29 is 19.0 Å². The second-order valence-electron chi connectivity index (χ2n) is 5.19. The highest BCUT2D eigenvalue weighted by atomic mass is 19.1. The minimum Gasteiger partial charge on any atom is -0.393 e. The lowest BCUT2D eigenvalue weighted by Gasteiger charge is -2.26. The van der Waals surface area contributed by atoms with Crippen molar-refractivity contribution in [3.8, 4) is 0 Å². The average molecular weight is 296 g/mol. The third kappa shape index (κ3) is 5.32. The Kier molecular flexibility index (Phi) is 5.95. The van der Waals surface area contributed by atoms with Crippen LogP contribution in [0.3, 0.4) is 0 Å². The first-order chi connectivity index (χ1) is 10.1. The lowest BCUT2D eigenvalue weighted by atomic mass is 9.92. The van der Waals surface area contributed by atoms with Crippen molar-refractivity contribution >= 4 is 11.7 Å². The van der Waals surface area contributed by atoms with Crippen molar-refractivity contribution in [1.29, 1.82) is 0 Å². The highest BCUT2D eigenvalue weighted by Gasteiger charge is 2.21. The van der Waals surface area contributed by atoms with Gasteiger partial charge in [-0.15, -0.1) is 0 Å². The van der Waals surface area contributed by atoms with Gasteiger partial charge in [0.15, 0.2) is 0 Å². The van der Waals surface area contributed by atoms with Crippen molar-refractivity contribution in [2.75, 3.05) is 25.1 Å². The SMILES string of the molecule is O=C(NCC[C@@H](O)C1CCOCC1)Nc1ccc(F)cc1. The molecule has 0 unspecified atom stereocenters. The fourth-order valence-electron chi connectivity index (χ4n) is 2.38. The van der Waals surface area contributed by atoms with Gasteiger partial charge in [0, 0.05) is 25.4 Å². The summed E-state index contributed by atoms with van der Waals surface area (Å²) in [5.41, 5.74) is 0.527. The molecule has 0 bridgehead atoms. The topological polar surface area (TPSA) is 70.6 Å². The zero-order chi connectivity index (χ0) is 15.1. The Morgan fingerprint density at radius 2 is 2.00 bits per heavy atom. The second kappa shape index (κ2) is 7.95. The highest BCUT2D eigenvalue weighted by molar-refractivity contribution is 5.89. The molecular weight excluding hydrogens is 275 g/mol. The van der Waals surface area contributed by atoms with E-state index < -0.39 is 6.10 Å². The molecule has 0 saturated carbocycles.